The van der Waals surface area contributed by atoms with Crippen molar-refractivity contribution in [1.82, 2.24) is 9.13 Å². The Balaban J connectivity index is 0.740. The van der Waals surface area contributed by atoms with Crippen LogP contribution in [0.2, 0.25) is 0 Å². The van der Waals surface area contributed by atoms with Crippen LogP contribution in [0.25, 0.3) is 131 Å². The Bertz CT molecular complexity index is 5960. The highest BCUT2D eigenvalue weighted by atomic mass is 16.3. The lowest BCUT2D eigenvalue weighted by atomic mass is 9.80. The minimum Gasteiger partial charge on any atom is -0.456 e. The maximum absolute atomic E-state index is 7.02. The summed E-state index contributed by atoms with van der Waals surface area (Å²) in [5.74, 6) is 0. The van der Waals surface area contributed by atoms with Gasteiger partial charge in [0.05, 0.1) is 22.1 Å². The van der Waals surface area contributed by atoms with Crippen LogP contribution in [-0.4, -0.2) is 9.13 Å². The summed E-state index contributed by atoms with van der Waals surface area (Å²) in [4.78, 5) is 4.78. The number of aromatic nitrogens is 2. The summed E-state index contributed by atoms with van der Waals surface area (Å²) < 4.78 is 19.0. The Morgan fingerprint density at radius 1 is 0.220 bits per heavy atom. The summed E-state index contributed by atoms with van der Waals surface area (Å²) in [7, 11) is 0. The molecule has 0 atom stereocenters. The number of nitrogens with zero attached hydrogens (tertiary/aromatic N) is 4. The van der Waals surface area contributed by atoms with Crippen LogP contribution in [0.1, 0.15) is 105 Å². The van der Waals surface area contributed by atoms with Gasteiger partial charge in [0.15, 0.2) is 0 Å². The smallest absolute Gasteiger partial charge is 0.137 e. The number of para-hydroxylation sites is 2. The van der Waals surface area contributed by atoms with Gasteiger partial charge in [0, 0.05) is 101 Å². The second-order valence-corrected chi connectivity index (χ2v) is 32.0. The van der Waals surface area contributed by atoms with Crippen LogP contribution in [0.15, 0.2) is 276 Å². The normalized spacial score (nSPS) is 12.8. The zero-order chi connectivity index (χ0) is 68.5. The average Bonchev–Trinajstić information content (AvgIpc) is 1.58. The van der Waals surface area contributed by atoms with Gasteiger partial charge in [-0.3, -0.25) is 0 Å². The molecule has 6 heteroatoms. The number of hydrogen-bond donors (Lipinski definition) is 0. The van der Waals surface area contributed by atoms with Crippen molar-refractivity contribution in [1.29, 1.82) is 0 Å². The number of benzene rings is 14. The molecule has 0 radical (unpaired) electrons. The number of furan rings is 2. The lowest BCUT2D eigenvalue weighted by Gasteiger charge is -2.27. The second-order valence-electron chi connectivity index (χ2n) is 32.0. The molecule has 100 heavy (non-hydrogen) atoms. The molecule has 0 N–H and O–H groups in total. The van der Waals surface area contributed by atoms with E-state index in [1.165, 1.54) is 98.8 Å². The third kappa shape index (κ3) is 10.1. The lowest BCUT2D eigenvalue weighted by molar-refractivity contribution is 0.567. The van der Waals surface area contributed by atoms with E-state index < -0.39 is 0 Å². The van der Waals surface area contributed by atoms with Gasteiger partial charge in [-0.25, -0.2) is 0 Å². The number of anilines is 6. The van der Waals surface area contributed by atoms with E-state index in [9.17, 15) is 0 Å². The van der Waals surface area contributed by atoms with E-state index in [-0.39, 0.29) is 21.7 Å². The zero-order valence-corrected chi connectivity index (χ0v) is 59.0. The molecule has 18 aromatic rings. The molecule has 0 amide bonds. The van der Waals surface area contributed by atoms with Gasteiger partial charge >= 0.3 is 0 Å². The van der Waals surface area contributed by atoms with Crippen molar-refractivity contribution < 1.29 is 8.83 Å². The van der Waals surface area contributed by atoms with E-state index in [0.29, 0.717) is 0 Å². The molecule has 0 unspecified atom stereocenters. The Morgan fingerprint density at radius 2 is 0.530 bits per heavy atom. The monoisotopic (exact) mass is 1300 g/mol. The Kier molecular flexibility index (Phi) is 13.5. The average molecular weight is 1300 g/mol. The molecule has 0 saturated heterocycles. The summed E-state index contributed by atoms with van der Waals surface area (Å²) in [5, 5.41) is 16.0. The molecule has 18 rings (SSSR count). The fourth-order valence-electron chi connectivity index (χ4n) is 15.5. The van der Waals surface area contributed by atoms with E-state index in [1.54, 1.807) is 0 Å². The molecule has 0 aliphatic carbocycles. The topological polar surface area (TPSA) is 42.6 Å². The first kappa shape index (κ1) is 61.0. The van der Waals surface area contributed by atoms with Gasteiger partial charge in [0.25, 0.3) is 0 Å². The summed E-state index contributed by atoms with van der Waals surface area (Å²) in [5.41, 5.74) is 21.8. The largest absolute Gasteiger partial charge is 0.456 e. The van der Waals surface area contributed by atoms with Crippen LogP contribution >= 0.6 is 0 Å². The van der Waals surface area contributed by atoms with E-state index in [1.807, 2.05) is 0 Å². The van der Waals surface area contributed by atoms with Gasteiger partial charge in [-0.1, -0.05) is 192 Å². The van der Waals surface area contributed by atoms with Crippen LogP contribution in [0.4, 0.5) is 34.1 Å². The highest BCUT2D eigenvalue weighted by Gasteiger charge is 2.28. The van der Waals surface area contributed by atoms with Gasteiger partial charge in [-0.05, 0) is 222 Å². The van der Waals surface area contributed by atoms with Crippen LogP contribution in [0.5, 0.6) is 0 Å². The Labute approximate surface area is 583 Å². The first-order valence-corrected chi connectivity index (χ1v) is 35.3. The molecule has 6 nitrogen and oxygen atoms in total. The maximum atomic E-state index is 7.02. The van der Waals surface area contributed by atoms with Crippen LogP contribution in [-0.2, 0) is 21.7 Å². The fourth-order valence-corrected chi connectivity index (χ4v) is 15.5. The number of fused-ring (bicyclic) bond motifs is 15. The zero-order valence-electron chi connectivity index (χ0n) is 59.0. The van der Waals surface area contributed by atoms with Crippen molar-refractivity contribution in [2.75, 3.05) is 9.80 Å². The third-order valence-corrected chi connectivity index (χ3v) is 21.1. The highest BCUT2D eigenvalue weighted by molar-refractivity contribution is 6.17. The molecule has 0 aliphatic heterocycles. The van der Waals surface area contributed by atoms with Crippen molar-refractivity contribution in [2.45, 2.75) is 105 Å². The molecule has 4 heterocycles. The van der Waals surface area contributed by atoms with Crippen molar-refractivity contribution in [3.05, 3.63) is 289 Å². The predicted octanol–water partition coefficient (Wildman–Crippen LogP) is 27.3. The van der Waals surface area contributed by atoms with E-state index in [0.717, 1.165) is 88.8 Å². The molecule has 0 aliphatic rings. The Hall–Kier alpha value is -11.3. The lowest BCUT2D eigenvalue weighted by Crippen LogP contribution is -2.17. The third-order valence-electron chi connectivity index (χ3n) is 21.1. The van der Waals surface area contributed by atoms with E-state index >= 15 is 0 Å². The van der Waals surface area contributed by atoms with Crippen molar-refractivity contribution in [3.63, 3.8) is 0 Å². The minimum atomic E-state index is -0.0283. The maximum Gasteiger partial charge on any atom is 0.137 e. The molecule has 0 saturated carbocycles. The number of rotatable bonds is 8. The fraction of sp³-hybridized carbons (Fsp3) is 0.170. The van der Waals surface area contributed by atoms with Crippen LogP contribution in [0, 0.1) is 0 Å². The first-order chi connectivity index (χ1) is 48.0. The predicted molar refractivity (Wildman–Crippen MR) is 426 cm³/mol. The van der Waals surface area contributed by atoms with Crippen LogP contribution in [0.3, 0.4) is 0 Å². The van der Waals surface area contributed by atoms with Gasteiger partial charge in [-0.2, -0.15) is 0 Å². The van der Waals surface area contributed by atoms with Gasteiger partial charge in [0.1, 0.15) is 22.3 Å². The van der Waals surface area contributed by atoms with Crippen molar-refractivity contribution in [2.24, 2.45) is 0 Å². The van der Waals surface area contributed by atoms with Gasteiger partial charge < -0.3 is 27.8 Å². The summed E-state index contributed by atoms with van der Waals surface area (Å²) in [6.07, 6.45) is 0. The number of hydrogen-bond acceptors (Lipinski definition) is 4. The second kappa shape index (κ2) is 22.1. The summed E-state index contributed by atoms with van der Waals surface area (Å²) in [6.45, 7) is 27.8. The highest BCUT2D eigenvalue weighted by Crippen LogP contribution is 2.48. The standard InChI is InChI=1S/C94H80N4O2/c1-91(2,3)63-47-64(92(4,5)6)50-73(49-63)97-83-27-19-17-25-75(83)79-53-69(35-39-85(79)97)95(67-31-29-57-21-13-15-23-59(57)41-67)71-33-37-77-81-43-61-46-88-82(44-62(61)45-87(81)99-89(77)55-71)78-38-34-72(56-90(78)100-88)96(68-32-30-58-22-14-16-24-60(58)42-68)70-36-40-86-80(54-70)76-26-18-20-28-84(76)98(86)74-51-65(93(7,8)9)48-66(52-74)94(10,11)12/h13-56H,1-12H3. The molecule has 0 bridgehead atoms. The molecular weight excluding hydrogens is 1220 g/mol. The molecular formula is C94H80N4O2. The van der Waals surface area contributed by atoms with Crippen molar-refractivity contribution >= 4 is 154 Å². The van der Waals surface area contributed by atoms with Gasteiger partial charge in [-0.15, -0.1) is 0 Å². The molecule has 0 fully saturated rings. The quantitative estimate of drug-likeness (QED) is 0.152. The first-order valence-electron chi connectivity index (χ1n) is 35.3. The van der Waals surface area contributed by atoms with Crippen molar-refractivity contribution in [3.8, 4) is 11.4 Å². The summed E-state index contributed by atoms with van der Waals surface area (Å²) >= 11 is 0. The molecule has 0 spiro atoms. The van der Waals surface area contributed by atoms with Gasteiger partial charge in [0.2, 0.25) is 0 Å². The molecule has 14 aromatic carbocycles. The Morgan fingerprint density at radius 3 is 0.920 bits per heavy atom. The molecule has 4 aromatic heterocycles. The summed E-state index contributed by atoms with van der Waals surface area (Å²) in [6, 6.07) is 99.3. The van der Waals surface area contributed by atoms with E-state index in [4.69, 9.17) is 8.83 Å². The SMILES string of the molecule is CC(C)(C)c1cc(-n2c3ccccc3c3cc(N(c4ccc5ccccc5c4)c4ccc5c(c4)oc4cc6cc7c(cc6cc45)oc4cc(N(c5ccc6ccccc6c5)c5ccc6c(c5)c5ccccc5n6-c5cc(C(C)(C)C)cc(C(C)(C)C)c5)ccc47)ccc32)cc(C(C)(C)C)c1. The van der Waals surface area contributed by atoms with E-state index in [2.05, 4.69) is 369 Å². The molecule has 488 valence electrons. The van der Waals surface area contributed by atoms with Crippen LogP contribution < -0.4 is 9.80 Å². The minimum absolute atomic E-state index is 0.0283.